The highest BCUT2D eigenvalue weighted by atomic mass is 16.5. The number of anilines is 1. The lowest BCUT2D eigenvalue weighted by molar-refractivity contribution is -0.146. The quantitative estimate of drug-likeness (QED) is 0.449. The van der Waals surface area contributed by atoms with Gasteiger partial charge in [0.25, 0.3) is 5.91 Å². The van der Waals surface area contributed by atoms with Crippen molar-refractivity contribution < 1.29 is 24.0 Å². The van der Waals surface area contributed by atoms with Gasteiger partial charge in [0.05, 0.1) is 0 Å². The lowest BCUT2D eigenvalue weighted by Gasteiger charge is -2.30. The summed E-state index contributed by atoms with van der Waals surface area (Å²) in [7, 11) is 0. The van der Waals surface area contributed by atoms with Gasteiger partial charge >= 0.3 is 5.97 Å². The number of carbonyl (C=O) groups is 3. The first kappa shape index (κ1) is 24.2. The molecule has 0 saturated heterocycles. The first-order valence-corrected chi connectivity index (χ1v) is 11.7. The summed E-state index contributed by atoms with van der Waals surface area (Å²) in [5, 5.41) is 18.7. The number of hydrogen-bond acceptors (Lipinski definition) is 5. The molecule has 0 radical (unpaired) electrons. The van der Waals surface area contributed by atoms with Crippen molar-refractivity contribution in [1.82, 2.24) is 10.5 Å². The van der Waals surface area contributed by atoms with Crippen LogP contribution in [0, 0.1) is 5.92 Å². The van der Waals surface area contributed by atoms with Crippen LogP contribution in [-0.2, 0) is 9.59 Å². The topological polar surface area (TPSA) is 122 Å². The van der Waals surface area contributed by atoms with E-state index in [0.29, 0.717) is 30.1 Å². The molecule has 0 unspecified atom stereocenters. The van der Waals surface area contributed by atoms with Crippen molar-refractivity contribution in [3.05, 3.63) is 72.0 Å². The van der Waals surface area contributed by atoms with E-state index in [2.05, 4.69) is 15.8 Å². The average Bonchev–Trinajstić information content (AvgIpc) is 3.35. The van der Waals surface area contributed by atoms with Crippen LogP contribution in [-0.4, -0.2) is 33.6 Å². The molecule has 1 fully saturated rings. The van der Waals surface area contributed by atoms with Gasteiger partial charge in [-0.1, -0.05) is 47.6 Å². The minimum Gasteiger partial charge on any atom is -0.480 e. The highest BCUT2D eigenvalue weighted by Gasteiger charge is 2.33. The third-order valence-corrected chi connectivity index (χ3v) is 6.51. The molecule has 8 heteroatoms. The molecule has 3 aromatic rings. The molecule has 0 aliphatic heterocycles. The van der Waals surface area contributed by atoms with E-state index in [1.165, 1.54) is 13.8 Å². The van der Waals surface area contributed by atoms with E-state index in [1.807, 2.05) is 54.6 Å². The van der Waals surface area contributed by atoms with Gasteiger partial charge in [-0.25, -0.2) is 4.79 Å². The number of nitrogens with zero attached hydrogens (tertiary/aromatic N) is 1. The summed E-state index contributed by atoms with van der Waals surface area (Å²) in [6.07, 6.45) is 3.11. The second-order valence-corrected chi connectivity index (χ2v) is 9.49. The van der Waals surface area contributed by atoms with Crippen LogP contribution < -0.4 is 10.6 Å². The van der Waals surface area contributed by atoms with Gasteiger partial charge in [-0.05, 0) is 63.1 Å². The molecular weight excluding hydrogens is 446 g/mol. The third kappa shape index (κ3) is 5.77. The van der Waals surface area contributed by atoms with Crippen LogP contribution in [0.15, 0.2) is 65.2 Å². The molecule has 3 N–H and O–H groups in total. The number of hydrogen-bond donors (Lipinski definition) is 3. The molecule has 35 heavy (non-hydrogen) atoms. The van der Waals surface area contributed by atoms with Crippen LogP contribution in [0.5, 0.6) is 0 Å². The minimum absolute atomic E-state index is 0.135. The van der Waals surface area contributed by atoms with Crippen LogP contribution in [0.2, 0.25) is 0 Å². The summed E-state index contributed by atoms with van der Waals surface area (Å²) in [6.45, 7) is 2.98. The molecule has 2 aromatic carbocycles. The Hall–Kier alpha value is -3.94. The molecular formula is C27H29N3O5. The molecule has 1 saturated carbocycles. The average molecular weight is 476 g/mol. The molecule has 1 heterocycles. The number of aliphatic carboxylic acids is 1. The van der Waals surface area contributed by atoms with Crippen molar-refractivity contribution in [2.75, 3.05) is 5.32 Å². The number of aromatic nitrogens is 1. The fourth-order valence-electron chi connectivity index (χ4n) is 4.31. The fraction of sp³-hybridized carbons (Fsp3) is 0.333. The molecule has 182 valence electrons. The highest BCUT2D eigenvalue weighted by molar-refractivity contribution is 6.02. The van der Waals surface area contributed by atoms with E-state index in [9.17, 15) is 19.5 Å². The first-order chi connectivity index (χ1) is 16.7. The van der Waals surface area contributed by atoms with Gasteiger partial charge in [-0.3, -0.25) is 9.59 Å². The Balaban J connectivity index is 1.30. The maximum Gasteiger partial charge on any atom is 0.328 e. The standard InChI is InChI=1S/C27H29N3O5/c1-27(2,26(33)34)29-24(31)20-10-8-17(9-11-20)18-12-14-21(15-13-18)28-25(32)23-16-22(30-35-23)19-6-4-3-5-7-19/h3-7,12-17,20H,8-11H2,1-2H3,(H,28,32)(H,29,31)(H,33,34). The Bertz CT molecular complexity index is 1190. The van der Waals surface area contributed by atoms with Crippen molar-refractivity contribution in [2.45, 2.75) is 51.0 Å². The molecule has 1 aromatic heterocycles. The lowest BCUT2D eigenvalue weighted by atomic mass is 9.78. The number of amides is 2. The van der Waals surface area contributed by atoms with Crippen LogP contribution >= 0.6 is 0 Å². The molecule has 0 bridgehead atoms. The molecule has 0 atom stereocenters. The van der Waals surface area contributed by atoms with E-state index >= 15 is 0 Å². The zero-order valence-corrected chi connectivity index (χ0v) is 19.8. The van der Waals surface area contributed by atoms with Gasteiger partial charge in [0.15, 0.2) is 0 Å². The van der Waals surface area contributed by atoms with E-state index in [0.717, 1.165) is 24.0 Å². The second-order valence-electron chi connectivity index (χ2n) is 9.49. The van der Waals surface area contributed by atoms with Crippen LogP contribution in [0.3, 0.4) is 0 Å². The highest BCUT2D eigenvalue weighted by Crippen LogP contribution is 2.36. The number of rotatable bonds is 7. The Labute approximate surface area is 203 Å². The summed E-state index contributed by atoms with van der Waals surface area (Å²) in [5.41, 5.74) is 2.00. The van der Waals surface area contributed by atoms with Crippen molar-refractivity contribution >= 4 is 23.5 Å². The Morgan fingerprint density at radius 1 is 0.971 bits per heavy atom. The van der Waals surface area contributed by atoms with E-state index in [-0.39, 0.29) is 23.5 Å². The predicted molar refractivity (Wildman–Crippen MR) is 131 cm³/mol. The van der Waals surface area contributed by atoms with Gasteiger partial charge in [0.2, 0.25) is 11.7 Å². The van der Waals surface area contributed by atoms with Gasteiger partial charge in [0, 0.05) is 23.2 Å². The van der Waals surface area contributed by atoms with Crippen molar-refractivity contribution in [1.29, 1.82) is 0 Å². The Kier molecular flexibility index (Phi) is 7.00. The zero-order valence-electron chi connectivity index (χ0n) is 19.8. The number of nitrogens with one attached hydrogen (secondary N) is 2. The lowest BCUT2D eigenvalue weighted by Crippen LogP contribution is -2.51. The van der Waals surface area contributed by atoms with Gasteiger partial charge < -0.3 is 20.3 Å². The fourth-order valence-corrected chi connectivity index (χ4v) is 4.31. The smallest absolute Gasteiger partial charge is 0.328 e. The van der Waals surface area contributed by atoms with Crippen LogP contribution in [0.4, 0.5) is 5.69 Å². The molecule has 1 aliphatic carbocycles. The minimum atomic E-state index is -1.27. The largest absolute Gasteiger partial charge is 0.480 e. The molecule has 8 nitrogen and oxygen atoms in total. The predicted octanol–water partition coefficient (Wildman–Crippen LogP) is 4.85. The van der Waals surface area contributed by atoms with Crippen molar-refractivity contribution in [3.8, 4) is 11.3 Å². The summed E-state index contributed by atoms with van der Waals surface area (Å²) >= 11 is 0. The number of carboxylic acid groups (broad SMARTS) is 1. The maximum absolute atomic E-state index is 12.6. The summed E-state index contributed by atoms with van der Waals surface area (Å²) in [6, 6.07) is 18.8. The SMILES string of the molecule is CC(C)(NC(=O)C1CCC(c2ccc(NC(=O)c3cc(-c4ccccc4)no3)cc2)CC1)C(=O)O. The second kappa shape index (κ2) is 10.1. The Morgan fingerprint density at radius 2 is 1.63 bits per heavy atom. The van der Waals surface area contributed by atoms with E-state index in [1.54, 1.807) is 6.07 Å². The molecule has 1 aliphatic rings. The maximum atomic E-state index is 12.6. The summed E-state index contributed by atoms with van der Waals surface area (Å²) in [4.78, 5) is 36.3. The monoisotopic (exact) mass is 475 g/mol. The number of benzene rings is 2. The molecule has 0 spiro atoms. The number of carbonyl (C=O) groups excluding carboxylic acids is 2. The summed E-state index contributed by atoms with van der Waals surface area (Å²) in [5.74, 6) is -1.34. The van der Waals surface area contributed by atoms with Gasteiger partial charge in [-0.15, -0.1) is 0 Å². The number of carboxylic acids is 1. The summed E-state index contributed by atoms with van der Waals surface area (Å²) < 4.78 is 5.22. The van der Waals surface area contributed by atoms with Crippen LogP contribution in [0.25, 0.3) is 11.3 Å². The molecule has 2 amide bonds. The van der Waals surface area contributed by atoms with Crippen molar-refractivity contribution in [3.63, 3.8) is 0 Å². The molecule has 4 rings (SSSR count). The van der Waals surface area contributed by atoms with Gasteiger partial charge in [-0.2, -0.15) is 0 Å². The van der Waals surface area contributed by atoms with E-state index < -0.39 is 11.5 Å². The van der Waals surface area contributed by atoms with Crippen molar-refractivity contribution in [2.24, 2.45) is 5.92 Å². The third-order valence-electron chi connectivity index (χ3n) is 6.51. The van der Waals surface area contributed by atoms with Crippen LogP contribution in [0.1, 0.15) is 61.6 Å². The zero-order chi connectivity index (χ0) is 25.0. The normalized spacial score (nSPS) is 18.0. The van der Waals surface area contributed by atoms with Gasteiger partial charge in [0.1, 0.15) is 11.2 Å². The first-order valence-electron chi connectivity index (χ1n) is 11.7. The van der Waals surface area contributed by atoms with E-state index in [4.69, 9.17) is 4.52 Å². The Morgan fingerprint density at radius 3 is 2.26 bits per heavy atom.